The lowest BCUT2D eigenvalue weighted by Crippen LogP contribution is -2.20. The lowest BCUT2D eigenvalue weighted by molar-refractivity contribution is -0.118. The number of ether oxygens (including phenoxy) is 2. The molecule has 0 atom stereocenters. The van der Waals surface area contributed by atoms with Crippen LogP contribution in [-0.4, -0.2) is 18.6 Å². The summed E-state index contributed by atoms with van der Waals surface area (Å²) in [6, 6.07) is 10.3. The van der Waals surface area contributed by atoms with E-state index in [1.54, 1.807) is 24.3 Å². The summed E-state index contributed by atoms with van der Waals surface area (Å²) in [6.07, 6.45) is 0.0979. The SMILES string of the molecule is Cc1cc(OC(C)C)ccc1NC(=O)COc1cc(Cl)ccc1Cl. The molecule has 0 heterocycles. The van der Waals surface area contributed by atoms with E-state index < -0.39 is 0 Å². The van der Waals surface area contributed by atoms with Crippen LogP contribution in [0.15, 0.2) is 36.4 Å². The number of aryl methyl sites for hydroxylation is 1. The Bertz CT molecular complexity index is 732. The van der Waals surface area contributed by atoms with Crippen molar-refractivity contribution in [2.24, 2.45) is 0 Å². The van der Waals surface area contributed by atoms with E-state index in [1.165, 1.54) is 0 Å². The molecule has 4 nitrogen and oxygen atoms in total. The van der Waals surface area contributed by atoms with Crippen molar-refractivity contribution in [3.05, 3.63) is 52.0 Å². The molecular weight excluding hydrogens is 349 g/mol. The van der Waals surface area contributed by atoms with Gasteiger partial charge in [-0.15, -0.1) is 0 Å². The molecule has 2 rings (SSSR count). The van der Waals surface area contributed by atoms with E-state index in [1.807, 2.05) is 32.9 Å². The Kier molecular flexibility index (Phi) is 6.35. The quantitative estimate of drug-likeness (QED) is 0.771. The third kappa shape index (κ3) is 5.32. The van der Waals surface area contributed by atoms with Gasteiger partial charge in [-0.25, -0.2) is 0 Å². The second-order valence-corrected chi connectivity index (χ2v) is 6.40. The minimum atomic E-state index is -0.285. The summed E-state index contributed by atoms with van der Waals surface area (Å²) in [7, 11) is 0. The number of anilines is 1. The Labute approximate surface area is 151 Å². The number of nitrogens with one attached hydrogen (secondary N) is 1. The van der Waals surface area contributed by atoms with E-state index in [0.29, 0.717) is 21.5 Å². The molecule has 0 aromatic heterocycles. The second kappa shape index (κ2) is 8.27. The summed E-state index contributed by atoms with van der Waals surface area (Å²) in [4.78, 5) is 12.1. The zero-order valence-electron chi connectivity index (χ0n) is 13.7. The van der Waals surface area contributed by atoms with Crippen molar-refractivity contribution in [1.29, 1.82) is 0 Å². The van der Waals surface area contributed by atoms with Crippen LogP contribution in [0.2, 0.25) is 10.0 Å². The monoisotopic (exact) mass is 367 g/mol. The topological polar surface area (TPSA) is 47.6 Å². The number of amides is 1. The van der Waals surface area contributed by atoms with Gasteiger partial charge >= 0.3 is 0 Å². The first-order valence-electron chi connectivity index (χ1n) is 7.50. The van der Waals surface area contributed by atoms with Crippen molar-refractivity contribution in [3.63, 3.8) is 0 Å². The first-order valence-corrected chi connectivity index (χ1v) is 8.25. The van der Waals surface area contributed by atoms with Crippen molar-refractivity contribution >= 4 is 34.8 Å². The number of carbonyl (C=O) groups is 1. The van der Waals surface area contributed by atoms with Gasteiger partial charge in [0.2, 0.25) is 0 Å². The van der Waals surface area contributed by atoms with Crippen molar-refractivity contribution in [2.45, 2.75) is 26.9 Å². The maximum absolute atomic E-state index is 12.1. The van der Waals surface area contributed by atoms with Crippen LogP contribution in [0.5, 0.6) is 11.5 Å². The lowest BCUT2D eigenvalue weighted by Gasteiger charge is -2.13. The highest BCUT2D eigenvalue weighted by Gasteiger charge is 2.09. The highest BCUT2D eigenvalue weighted by Crippen LogP contribution is 2.28. The molecule has 0 unspecified atom stereocenters. The number of hydrogen-bond donors (Lipinski definition) is 1. The van der Waals surface area contributed by atoms with Gasteiger partial charge in [-0.2, -0.15) is 0 Å². The first-order chi connectivity index (χ1) is 11.3. The van der Waals surface area contributed by atoms with Gasteiger partial charge in [-0.1, -0.05) is 23.2 Å². The molecule has 2 aromatic carbocycles. The van der Waals surface area contributed by atoms with Crippen molar-refractivity contribution in [2.75, 3.05) is 11.9 Å². The average molecular weight is 368 g/mol. The lowest BCUT2D eigenvalue weighted by atomic mass is 10.2. The van der Waals surface area contributed by atoms with Crippen molar-refractivity contribution in [3.8, 4) is 11.5 Å². The Balaban J connectivity index is 1.96. The Morgan fingerprint density at radius 1 is 1.17 bits per heavy atom. The van der Waals surface area contributed by atoms with Crippen LogP contribution in [0.3, 0.4) is 0 Å². The number of rotatable bonds is 6. The van der Waals surface area contributed by atoms with Crippen LogP contribution in [0.4, 0.5) is 5.69 Å². The molecule has 2 aromatic rings. The number of benzene rings is 2. The van der Waals surface area contributed by atoms with E-state index in [2.05, 4.69) is 5.32 Å². The summed E-state index contributed by atoms with van der Waals surface area (Å²) in [5.74, 6) is 0.853. The molecule has 0 aliphatic rings. The van der Waals surface area contributed by atoms with E-state index in [9.17, 15) is 4.79 Å². The van der Waals surface area contributed by atoms with Gasteiger partial charge < -0.3 is 14.8 Å². The van der Waals surface area contributed by atoms with E-state index >= 15 is 0 Å². The van der Waals surface area contributed by atoms with Crippen LogP contribution in [-0.2, 0) is 4.79 Å². The third-order valence-corrected chi connectivity index (χ3v) is 3.64. The first kappa shape index (κ1) is 18.4. The fraction of sp³-hybridized carbons (Fsp3) is 0.278. The Morgan fingerprint density at radius 3 is 2.58 bits per heavy atom. The molecule has 0 saturated heterocycles. The van der Waals surface area contributed by atoms with E-state index in [4.69, 9.17) is 32.7 Å². The number of halogens is 2. The summed E-state index contributed by atoms with van der Waals surface area (Å²) >= 11 is 11.9. The van der Waals surface area contributed by atoms with Crippen molar-refractivity contribution in [1.82, 2.24) is 0 Å². The second-order valence-electron chi connectivity index (χ2n) is 5.55. The molecular formula is C18H19Cl2NO3. The van der Waals surface area contributed by atoms with Gasteiger partial charge in [0.15, 0.2) is 6.61 Å². The van der Waals surface area contributed by atoms with Crippen molar-refractivity contribution < 1.29 is 14.3 Å². The fourth-order valence-corrected chi connectivity index (χ4v) is 2.37. The zero-order valence-corrected chi connectivity index (χ0v) is 15.2. The van der Waals surface area contributed by atoms with Gasteiger partial charge in [0.25, 0.3) is 5.91 Å². The molecule has 0 radical (unpaired) electrons. The third-order valence-electron chi connectivity index (χ3n) is 3.10. The van der Waals surface area contributed by atoms with Crippen LogP contribution in [0.25, 0.3) is 0 Å². The minimum absolute atomic E-state index is 0.0979. The number of hydrogen-bond acceptors (Lipinski definition) is 3. The molecule has 0 bridgehead atoms. The Hall–Kier alpha value is -1.91. The summed E-state index contributed by atoms with van der Waals surface area (Å²) in [5.41, 5.74) is 1.61. The smallest absolute Gasteiger partial charge is 0.262 e. The molecule has 1 amide bonds. The standard InChI is InChI=1S/C18H19Cl2NO3/c1-11(2)24-14-5-7-16(12(3)8-14)21-18(22)10-23-17-9-13(19)4-6-15(17)20/h4-9,11H,10H2,1-3H3,(H,21,22). The molecule has 0 aliphatic heterocycles. The summed E-state index contributed by atoms with van der Waals surface area (Å²) < 4.78 is 11.0. The van der Waals surface area contributed by atoms with Crippen LogP contribution >= 0.6 is 23.2 Å². The predicted molar refractivity (Wildman–Crippen MR) is 97.5 cm³/mol. The van der Waals surface area contributed by atoms with Gasteiger partial charge in [0.05, 0.1) is 11.1 Å². The molecule has 0 aliphatic carbocycles. The molecule has 24 heavy (non-hydrogen) atoms. The molecule has 6 heteroatoms. The van der Waals surface area contributed by atoms with Gasteiger partial charge in [-0.05, 0) is 56.7 Å². The minimum Gasteiger partial charge on any atom is -0.491 e. The van der Waals surface area contributed by atoms with Gasteiger partial charge in [-0.3, -0.25) is 4.79 Å². The maximum Gasteiger partial charge on any atom is 0.262 e. The molecule has 1 N–H and O–H groups in total. The van der Waals surface area contributed by atoms with Crippen LogP contribution < -0.4 is 14.8 Å². The zero-order chi connectivity index (χ0) is 17.7. The van der Waals surface area contributed by atoms with Gasteiger partial charge in [0, 0.05) is 16.8 Å². The summed E-state index contributed by atoms with van der Waals surface area (Å²) in [5, 5.41) is 3.69. The fourth-order valence-electron chi connectivity index (χ4n) is 2.04. The highest BCUT2D eigenvalue weighted by molar-refractivity contribution is 6.34. The molecule has 0 saturated carbocycles. The van der Waals surface area contributed by atoms with Crippen LogP contribution in [0.1, 0.15) is 19.4 Å². The van der Waals surface area contributed by atoms with E-state index in [-0.39, 0.29) is 18.6 Å². The largest absolute Gasteiger partial charge is 0.491 e. The highest BCUT2D eigenvalue weighted by atomic mass is 35.5. The summed E-state index contributed by atoms with van der Waals surface area (Å²) in [6.45, 7) is 5.66. The molecule has 0 spiro atoms. The van der Waals surface area contributed by atoms with Crippen LogP contribution in [0, 0.1) is 6.92 Å². The predicted octanol–water partition coefficient (Wildman–Crippen LogP) is 5.11. The van der Waals surface area contributed by atoms with Gasteiger partial charge in [0.1, 0.15) is 11.5 Å². The number of carbonyl (C=O) groups excluding carboxylic acids is 1. The average Bonchev–Trinajstić information content (AvgIpc) is 2.50. The molecule has 0 fully saturated rings. The maximum atomic E-state index is 12.1. The molecule has 128 valence electrons. The van der Waals surface area contributed by atoms with E-state index in [0.717, 1.165) is 11.3 Å². The normalized spacial score (nSPS) is 10.6. The Morgan fingerprint density at radius 2 is 1.92 bits per heavy atom.